The number of piperidine rings is 1. The van der Waals surface area contributed by atoms with E-state index in [0.717, 1.165) is 25.7 Å². The maximum atomic E-state index is 12.9. The zero-order chi connectivity index (χ0) is 19.6. The first-order valence-electron chi connectivity index (χ1n) is 9.43. The second kappa shape index (κ2) is 7.94. The van der Waals surface area contributed by atoms with Crippen molar-refractivity contribution in [2.24, 2.45) is 0 Å². The minimum Gasteiger partial charge on any atom is -0.462 e. The Labute approximate surface area is 157 Å². The average Bonchev–Trinajstić information content (AvgIpc) is 3.01. The molecule has 1 amide bonds. The van der Waals surface area contributed by atoms with Crippen molar-refractivity contribution in [2.75, 3.05) is 13.2 Å². The van der Waals surface area contributed by atoms with Crippen LogP contribution in [0.15, 0.2) is 15.5 Å². The number of nitrogens with zero attached hydrogens (tertiary/aromatic N) is 3. The van der Waals surface area contributed by atoms with Gasteiger partial charge in [0.25, 0.3) is 5.56 Å². The molecule has 3 rings (SSSR count). The van der Waals surface area contributed by atoms with E-state index in [0.29, 0.717) is 6.54 Å². The third-order valence-electron chi connectivity index (χ3n) is 5.06. The monoisotopic (exact) mass is 375 g/mol. The molecule has 1 unspecified atom stereocenters. The normalized spacial score (nSPS) is 17.3. The number of carbonyl (C=O) groups is 2. The number of furan rings is 1. The van der Waals surface area contributed by atoms with Crippen molar-refractivity contribution in [3.05, 3.63) is 28.0 Å². The summed E-state index contributed by atoms with van der Waals surface area (Å²) in [7, 11) is 0. The highest BCUT2D eigenvalue weighted by Gasteiger charge is 2.27. The first-order chi connectivity index (χ1) is 13.0. The van der Waals surface area contributed by atoms with E-state index in [1.54, 1.807) is 13.8 Å². The maximum Gasteiger partial charge on any atom is 0.342 e. The number of hydrogen-bond acceptors (Lipinski definition) is 6. The second-order valence-electron chi connectivity index (χ2n) is 6.76. The van der Waals surface area contributed by atoms with Gasteiger partial charge in [0.1, 0.15) is 29.6 Å². The fourth-order valence-corrected chi connectivity index (χ4v) is 3.69. The SMILES string of the molecule is CCOC(=O)c1c(C)oc2ncn(CC(=O)N3CCCCC3CC)c(=O)c12. The molecule has 2 aromatic rings. The number of aryl methyl sites for hydroxylation is 1. The molecule has 0 spiro atoms. The van der Waals surface area contributed by atoms with Gasteiger partial charge < -0.3 is 14.1 Å². The van der Waals surface area contributed by atoms with Crippen LogP contribution < -0.4 is 5.56 Å². The molecule has 1 aliphatic rings. The summed E-state index contributed by atoms with van der Waals surface area (Å²) in [4.78, 5) is 43.9. The van der Waals surface area contributed by atoms with Gasteiger partial charge in [-0.3, -0.25) is 14.2 Å². The Balaban J connectivity index is 1.95. The van der Waals surface area contributed by atoms with Crippen LogP contribution in [-0.2, 0) is 16.1 Å². The third kappa shape index (κ3) is 3.61. The van der Waals surface area contributed by atoms with Gasteiger partial charge in [0.05, 0.1) is 6.61 Å². The van der Waals surface area contributed by atoms with E-state index in [9.17, 15) is 14.4 Å². The van der Waals surface area contributed by atoms with Gasteiger partial charge in [-0.1, -0.05) is 6.92 Å². The predicted molar refractivity (Wildman–Crippen MR) is 98.6 cm³/mol. The van der Waals surface area contributed by atoms with Gasteiger partial charge in [-0.25, -0.2) is 9.78 Å². The Kier molecular flexibility index (Phi) is 5.62. The van der Waals surface area contributed by atoms with Crippen LogP contribution in [0.4, 0.5) is 0 Å². The highest BCUT2D eigenvalue weighted by Crippen LogP contribution is 2.22. The number of hydrogen-bond donors (Lipinski definition) is 0. The average molecular weight is 375 g/mol. The Morgan fingerprint density at radius 2 is 2.11 bits per heavy atom. The van der Waals surface area contributed by atoms with E-state index in [-0.39, 0.29) is 47.5 Å². The molecule has 0 bridgehead atoms. The van der Waals surface area contributed by atoms with Gasteiger partial charge in [-0.15, -0.1) is 0 Å². The molecule has 0 aromatic carbocycles. The molecule has 27 heavy (non-hydrogen) atoms. The fraction of sp³-hybridized carbons (Fsp3) is 0.579. The predicted octanol–water partition coefficient (Wildman–Crippen LogP) is 2.27. The second-order valence-corrected chi connectivity index (χ2v) is 6.76. The summed E-state index contributed by atoms with van der Waals surface area (Å²) >= 11 is 0. The molecular weight excluding hydrogens is 350 g/mol. The number of fused-ring (bicyclic) bond motifs is 1. The summed E-state index contributed by atoms with van der Waals surface area (Å²) < 4.78 is 11.7. The summed E-state index contributed by atoms with van der Waals surface area (Å²) in [6, 6.07) is 0.213. The van der Waals surface area contributed by atoms with E-state index in [1.165, 1.54) is 10.9 Å². The van der Waals surface area contributed by atoms with Gasteiger partial charge in [-0.2, -0.15) is 0 Å². The molecule has 1 aliphatic heterocycles. The number of esters is 1. The van der Waals surface area contributed by atoms with E-state index in [1.807, 2.05) is 4.90 Å². The number of rotatable bonds is 5. The Bertz CT molecular complexity index is 914. The highest BCUT2D eigenvalue weighted by atomic mass is 16.5. The topological polar surface area (TPSA) is 94.6 Å². The maximum absolute atomic E-state index is 12.9. The first kappa shape index (κ1) is 19.1. The largest absolute Gasteiger partial charge is 0.462 e. The molecule has 0 aliphatic carbocycles. The molecule has 1 atom stereocenters. The van der Waals surface area contributed by atoms with Crippen molar-refractivity contribution in [3.63, 3.8) is 0 Å². The molecule has 3 heterocycles. The number of amides is 1. The quantitative estimate of drug-likeness (QED) is 0.744. The third-order valence-corrected chi connectivity index (χ3v) is 5.06. The number of aromatic nitrogens is 2. The molecule has 1 saturated heterocycles. The Morgan fingerprint density at radius 3 is 2.81 bits per heavy atom. The minimum atomic E-state index is -0.626. The number of ether oxygens (including phenoxy) is 1. The van der Waals surface area contributed by atoms with Crippen LogP contribution in [-0.4, -0.2) is 45.5 Å². The van der Waals surface area contributed by atoms with Crippen LogP contribution in [0.1, 0.15) is 55.6 Å². The van der Waals surface area contributed by atoms with Gasteiger partial charge >= 0.3 is 5.97 Å². The lowest BCUT2D eigenvalue weighted by Crippen LogP contribution is -2.45. The number of likely N-dealkylation sites (tertiary alicyclic amines) is 1. The van der Waals surface area contributed by atoms with Crippen molar-refractivity contribution in [1.29, 1.82) is 0 Å². The van der Waals surface area contributed by atoms with Crippen molar-refractivity contribution in [1.82, 2.24) is 14.5 Å². The Hall–Kier alpha value is -2.64. The van der Waals surface area contributed by atoms with Crippen molar-refractivity contribution in [2.45, 2.75) is 59.0 Å². The summed E-state index contributed by atoms with van der Waals surface area (Å²) in [5.74, 6) is -0.458. The summed E-state index contributed by atoms with van der Waals surface area (Å²) in [5, 5.41) is 0.0620. The summed E-state index contributed by atoms with van der Waals surface area (Å²) in [6.45, 7) is 6.13. The zero-order valence-electron chi connectivity index (χ0n) is 16.0. The molecule has 2 aromatic heterocycles. The molecule has 0 N–H and O–H groups in total. The van der Waals surface area contributed by atoms with Crippen LogP contribution >= 0.6 is 0 Å². The summed E-state index contributed by atoms with van der Waals surface area (Å²) in [5.41, 5.74) is -0.317. The lowest BCUT2D eigenvalue weighted by atomic mass is 10.00. The first-order valence-corrected chi connectivity index (χ1v) is 9.43. The molecular formula is C19H25N3O5. The zero-order valence-corrected chi connectivity index (χ0v) is 16.0. The molecule has 8 nitrogen and oxygen atoms in total. The molecule has 0 radical (unpaired) electrons. The van der Waals surface area contributed by atoms with Crippen molar-refractivity contribution >= 4 is 23.0 Å². The van der Waals surface area contributed by atoms with Gasteiger partial charge in [0, 0.05) is 12.6 Å². The van der Waals surface area contributed by atoms with Crippen molar-refractivity contribution in [3.8, 4) is 0 Å². The van der Waals surface area contributed by atoms with Gasteiger partial charge in [0.15, 0.2) is 0 Å². The fourth-order valence-electron chi connectivity index (χ4n) is 3.69. The van der Waals surface area contributed by atoms with Crippen LogP contribution in [0.5, 0.6) is 0 Å². The summed E-state index contributed by atoms with van der Waals surface area (Å²) in [6.07, 6.45) is 5.27. The Morgan fingerprint density at radius 1 is 1.33 bits per heavy atom. The minimum absolute atomic E-state index is 0.0620. The van der Waals surface area contributed by atoms with Crippen LogP contribution in [0.2, 0.25) is 0 Å². The van der Waals surface area contributed by atoms with Gasteiger partial charge in [0.2, 0.25) is 11.6 Å². The smallest absolute Gasteiger partial charge is 0.342 e. The standard InChI is InChI=1S/C19H25N3O5/c1-4-13-8-6-7-9-22(13)14(23)10-21-11-20-17-16(18(21)24)15(12(3)27-17)19(25)26-5-2/h11,13H,4-10H2,1-3H3. The van der Waals surface area contributed by atoms with E-state index in [4.69, 9.17) is 9.15 Å². The van der Waals surface area contributed by atoms with Gasteiger partial charge in [-0.05, 0) is 39.5 Å². The van der Waals surface area contributed by atoms with E-state index < -0.39 is 11.5 Å². The van der Waals surface area contributed by atoms with Crippen molar-refractivity contribution < 1.29 is 18.7 Å². The lowest BCUT2D eigenvalue weighted by molar-refractivity contribution is -0.135. The van der Waals surface area contributed by atoms with Crippen LogP contribution in [0.25, 0.3) is 11.1 Å². The molecule has 146 valence electrons. The molecule has 1 fully saturated rings. The lowest BCUT2D eigenvalue weighted by Gasteiger charge is -2.35. The van der Waals surface area contributed by atoms with E-state index in [2.05, 4.69) is 11.9 Å². The van der Waals surface area contributed by atoms with Crippen LogP contribution in [0.3, 0.4) is 0 Å². The molecule has 0 saturated carbocycles. The van der Waals surface area contributed by atoms with E-state index >= 15 is 0 Å². The van der Waals surface area contributed by atoms with Crippen LogP contribution in [0, 0.1) is 6.92 Å². The highest BCUT2D eigenvalue weighted by molar-refractivity contribution is 6.03. The number of carbonyl (C=O) groups excluding carboxylic acids is 2. The molecule has 8 heteroatoms.